The molecule has 0 bridgehead atoms. The summed E-state index contributed by atoms with van der Waals surface area (Å²) in [5, 5.41) is 2.80. The molecular weight excluding hydrogens is 330 g/mol. The molecule has 0 saturated heterocycles. The van der Waals surface area contributed by atoms with Gasteiger partial charge in [0.15, 0.2) is 17.3 Å². The molecule has 0 aliphatic carbocycles. The normalized spacial score (nSPS) is 12.5. The van der Waals surface area contributed by atoms with Crippen molar-refractivity contribution in [3.8, 4) is 11.5 Å². The predicted molar refractivity (Wildman–Crippen MR) is 100 cm³/mol. The number of hydrogen-bond donors (Lipinski definition) is 1. The molecule has 0 unspecified atom stereocenters. The van der Waals surface area contributed by atoms with E-state index in [1.807, 2.05) is 24.3 Å². The Morgan fingerprint density at radius 1 is 0.962 bits per heavy atom. The fourth-order valence-electron chi connectivity index (χ4n) is 2.86. The standard InChI is InChI=1S/C21H23NO4/c1-2-3-15-4-6-16(7-5-15)18(23)9-11-21(24)22-17-8-10-19-20(14-17)26-13-12-25-19/h4-8,10,14H,2-3,9,11-13H2,1H3,(H,22,24). The molecule has 5 nitrogen and oxygen atoms in total. The third kappa shape index (κ3) is 4.63. The van der Waals surface area contributed by atoms with Gasteiger partial charge in [0, 0.05) is 30.2 Å². The summed E-state index contributed by atoms with van der Waals surface area (Å²) in [4.78, 5) is 24.4. The molecule has 0 spiro atoms. The molecule has 0 fully saturated rings. The zero-order chi connectivity index (χ0) is 18.4. The first-order valence-corrected chi connectivity index (χ1v) is 8.97. The molecule has 1 aliphatic heterocycles. The number of benzene rings is 2. The molecule has 136 valence electrons. The molecule has 26 heavy (non-hydrogen) atoms. The van der Waals surface area contributed by atoms with Gasteiger partial charge in [-0.05, 0) is 24.1 Å². The highest BCUT2D eigenvalue weighted by Crippen LogP contribution is 2.32. The van der Waals surface area contributed by atoms with Gasteiger partial charge in [-0.2, -0.15) is 0 Å². The summed E-state index contributed by atoms with van der Waals surface area (Å²) in [6.45, 7) is 3.15. The van der Waals surface area contributed by atoms with Gasteiger partial charge in [-0.15, -0.1) is 0 Å². The molecular formula is C21H23NO4. The average molecular weight is 353 g/mol. The molecule has 5 heteroatoms. The second-order valence-electron chi connectivity index (χ2n) is 6.28. The maximum atomic E-state index is 12.2. The summed E-state index contributed by atoms with van der Waals surface area (Å²) in [7, 11) is 0. The van der Waals surface area contributed by atoms with E-state index in [0.29, 0.717) is 36.0 Å². The first-order chi connectivity index (χ1) is 12.7. The fraction of sp³-hybridized carbons (Fsp3) is 0.333. The SMILES string of the molecule is CCCc1ccc(C(=O)CCC(=O)Nc2ccc3c(c2)OCCO3)cc1. The number of ketones is 1. The van der Waals surface area contributed by atoms with Gasteiger partial charge in [-0.3, -0.25) is 9.59 Å². The van der Waals surface area contributed by atoms with Crippen LogP contribution >= 0.6 is 0 Å². The number of amides is 1. The Labute approximate surface area is 153 Å². The second kappa shape index (κ2) is 8.52. The number of Topliss-reactive ketones (excluding diaryl/α,β-unsaturated/α-hetero) is 1. The topological polar surface area (TPSA) is 64.6 Å². The lowest BCUT2D eigenvalue weighted by atomic mass is 10.0. The summed E-state index contributed by atoms with van der Waals surface area (Å²) >= 11 is 0. The quantitative estimate of drug-likeness (QED) is 0.764. The van der Waals surface area contributed by atoms with E-state index in [1.165, 1.54) is 5.56 Å². The van der Waals surface area contributed by atoms with Crippen LogP contribution in [0, 0.1) is 0 Å². The van der Waals surface area contributed by atoms with Crippen molar-refractivity contribution >= 4 is 17.4 Å². The third-order valence-corrected chi connectivity index (χ3v) is 4.22. The maximum Gasteiger partial charge on any atom is 0.224 e. The summed E-state index contributed by atoms with van der Waals surface area (Å²) in [5.41, 5.74) is 2.51. The van der Waals surface area contributed by atoms with Gasteiger partial charge < -0.3 is 14.8 Å². The molecule has 0 radical (unpaired) electrons. The molecule has 2 aromatic carbocycles. The maximum absolute atomic E-state index is 12.2. The number of hydrogen-bond acceptors (Lipinski definition) is 4. The Morgan fingerprint density at radius 3 is 2.42 bits per heavy atom. The minimum absolute atomic E-state index is 0.0228. The summed E-state index contributed by atoms with van der Waals surface area (Å²) in [5.74, 6) is 1.08. The lowest BCUT2D eigenvalue weighted by molar-refractivity contribution is -0.116. The van der Waals surface area contributed by atoms with Crippen LogP contribution in [0.4, 0.5) is 5.69 Å². The van der Waals surface area contributed by atoms with Crippen molar-refractivity contribution in [1.82, 2.24) is 0 Å². The van der Waals surface area contributed by atoms with Crippen LogP contribution in [0.2, 0.25) is 0 Å². The number of rotatable bonds is 7. The highest BCUT2D eigenvalue weighted by molar-refractivity contribution is 6.00. The summed E-state index contributed by atoms with van der Waals surface area (Å²) in [6, 6.07) is 12.9. The minimum Gasteiger partial charge on any atom is -0.486 e. The number of nitrogens with one attached hydrogen (secondary N) is 1. The highest BCUT2D eigenvalue weighted by atomic mass is 16.6. The van der Waals surface area contributed by atoms with Gasteiger partial charge in [0.1, 0.15) is 13.2 Å². The van der Waals surface area contributed by atoms with Crippen molar-refractivity contribution in [2.75, 3.05) is 18.5 Å². The van der Waals surface area contributed by atoms with E-state index < -0.39 is 0 Å². The minimum atomic E-state index is -0.197. The van der Waals surface area contributed by atoms with Gasteiger partial charge in [0.25, 0.3) is 0 Å². The molecule has 3 rings (SSSR count). The van der Waals surface area contributed by atoms with Crippen molar-refractivity contribution in [2.45, 2.75) is 32.6 Å². The number of aryl methyl sites for hydroxylation is 1. The molecule has 1 N–H and O–H groups in total. The Morgan fingerprint density at radius 2 is 1.69 bits per heavy atom. The van der Waals surface area contributed by atoms with E-state index in [-0.39, 0.29) is 24.5 Å². The molecule has 0 atom stereocenters. The molecule has 0 aromatic heterocycles. The number of ether oxygens (including phenoxy) is 2. The predicted octanol–water partition coefficient (Wildman–Crippen LogP) is 4.01. The molecule has 0 saturated carbocycles. The zero-order valence-electron chi connectivity index (χ0n) is 14.9. The summed E-state index contributed by atoms with van der Waals surface area (Å²) in [6.07, 6.45) is 2.41. The van der Waals surface area contributed by atoms with Crippen molar-refractivity contribution in [2.24, 2.45) is 0 Å². The van der Waals surface area contributed by atoms with Gasteiger partial charge in [0.2, 0.25) is 5.91 Å². The number of fused-ring (bicyclic) bond motifs is 1. The summed E-state index contributed by atoms with van der Waals surface area (Å²) < 4.78 is 11.0. The second-order valence-corrected chi connectivity index (χ2v) is 6.28. The lowest BCUT2D eigenvalue weighted by Gasteiger charge is -2.19. The van der Waals surface area contributed by atoms with Crippen LogP contribution in [-0.4, -0.2) is 24.9 Å². The first kappa shape index (κ1) is 18.0. The van der Waals surface area contributed by atoms with Crippen LogP contribution < -0.4 is 14.8 Å². The number of anilines is 1. The van der Waals surface area contributed by atoms with Crippen LogP contribution in [-0.2, 0) is 11.2 Å². The van der Waals surface area contributed by atoms with E-state index >= 15 is 0 Å². The number of carbonyl (C=O) groups is 2. The number of carbonyl (C=O) groups excluding carboxylic acids is 2. The van der Waals surface area contributed by atoms with Crippen molar-refractivity contribution in [3.05, 3.63) is 53.6 Å². The Bertz CT molecular complexity index is 783. The smallest absolute Gasteiger partial charge is 0.224 e. The first-order valence-electron chi connectivity index (χ1n) is 8.97. The Kier molecular flexibility index (Phi) is 5.89. The monoisotopic (exact) mass is 353 g/mol. The van der Waals surface area contributed by atoms with Crippen molar-refractivity contribution < 1.29 is 19.1 Å². The molecule has 1 amide bonds. The van der Waals surface area contributed by atoms with Crippen molar-refractivity contribution in [1.29, 1.82) is 0 Å². The van der Waals surface area contributed by atoms with E-state index in [9.17, 15) is 9.59 Å². The Hall–Kier alpha value is -2.82. The van der Waals surface area contributed by atoms with Gasteiger partial charge in [-0.25, -0.2) is 0 Å². The van der Waals surface area contributed by atoms with Crippen LogP contribution in [0.25, 0.3) is 0 Å². The van der Waals surface area contributed by atoms with Gasteiger partial charge >= 0.3 is 0 Å². The van der Waals surface area contributed by atoms with E-state index in [4.69, 9.17) is 9.47 Å². The Balaban J connectivity index is 1.51. The fourth-order valence-corrected chi connectivity index (χ4v) is 2.86. The highest BCUT2D eigenvalue weighted by Gasteiger charge is 2.14. The van der Waals surface area contributed by atoms with Gasteiger partial charge in [0.05, 0.1) is 0 Å². The molecule has 2 aromatic rings. The lowest BCUT2D eigenvalue weighted by Crippen LogP contribution is -2.16. The van der Waals surface area contributed by atoms with Gasteiger partial charge in [-0.1, -0.05) is 37.6 Å². The largest absolute Gasteiger partial charge is 0.486 e. The van der Waals surface area contributed by atoms with Crippen LogP contribution in [0.5, 0.6) is 11.5 Å². The van der Waals surface area contributed by atoms with Crippen LogP contribution in [0.3, 0.4) is 0 Å². The van der Waals surface area contributed by atoms with E-state index in [0.717, 1.165) is 12.8 Å². The molecule has 1 heterocycles. The van der Waals surface area contributed by atoms with E-state index in [2.05, 4.69) is 12.2 Å². The van der Waals surface area contributed by atoms with Crippen LogP contribution in [0.1, 0.15) is 42.1 Å². The van der Waals surface area contributed by atoms with Crippen LogP contribution in [0.15, 0.2) is 42.5 Å². The average Bonchev–Trinajstić information content (AvgIpc) is 2.67. The molecule has 1 aliphatic rings. The zero-order valence-corrected chi connectivity index (χ0v) is 14.9. The van der Waals surface area contributed by atoms with E-state index in [1.54, 1.807) is 18.2 Å². The third-order valence-electron chi connectivity index (χ3n) is 4.22. The van der Waals surface area contributed by atoms with Crippen molar-refractivity contribution in [3.63, 3.8) is 0 Å².